The first-order valence-electron chi connectivity index (χ1n) is 47.7. The minimum Gasteiger partial charge on any atom is -0.462 e. The van der Waals surface area contributed by atoms with Crippen molar-refractivity contribution in [2.24, 2.45) is 0 Å². The van der Waals surface area contributed by atoms with E-state index in [1.165, 1.54) is 0 Å². The van der Waals surface area contributed by atoms with Crippen molar-refractivity contribution in [3.8, 4) is 11.1 Å². The topological polar surface area (TPSA) is 257 Å². The highest BCUT2D eigenvalue weighted by molar-refractivity contribution is 5.94. The lowest BCUT2D eigenvalue weighted by Crippen LogP contribution is -2.12. The third-order valence-electron chi connectivity index (χ3n) is 22.7. The zero-order valence-electron chi connectivity index (χ0n) is 84.6. The van der Waals surface area contributed by atoms with Gasteiger partial charge in [0.2, 0.25) is 0 Å². The van der Waals surface area contributed by atoms with Crippen LogP contribution in [0.4, 0.5) is 51.2 Å². The second-order valence-electron chi connectivity index (χ2n) is 35.1. The second kappa shape index (κ2) is 56.7. The van der Waals surface area contributed by atoms with Crippen molar-refractivity contribution in [2.45, 2.75) is 121 Å². The molecule has 0 unspecified atom stereocenters. The number of carbonyl (C=O) groups is 8. The highest BCUT2D eigenvalue weighted by Crippen LogP contribution is 2.42. The van der Waals surface area contributed by atoms with E-state index in [2.05, 4.69) is 245 Å². The molecule has 0 spiro atoms. The zero-order chi connectivity index (χ0) is 104. The van der Waals surface area contributed by atoms with E-state index in [0.717, 1.165) is 140 Å². The fourth-order valence-electron chi connectivity index (χ4n) is 14.6. The minimum absolute atomic E-state index is 0.134. The summed E-state index contributed by atoms with van der Waals surface area (Å²) >= 11 is 0. The quantitative estimate of drug-likeness (QED) is 0.0113. The summed E-state index contributed by atoms with van der Waals surface area (Å²) in [5.74, 6) is -3.38. The molecule has 0 fully saturated rings. The van der Waals surface area contributed by atoms with Gasteiger partial charge in [0.05, 0.1) is 79.3 Å². The van der Waals surface area contributed by atoms with Crippen molar-refractivity contribution in [1.82, 2.24) is 0 Å². The van der Waals surface area contributed by atoms with Gasteiger partial charge in [-0.25, -0.2) is 38.4 Å². The molecule has 145 heavy (non-hydrogen) atoms. The number of esters is 8. The third kappa shape index (κ3) is 35.3. The SMILES string of the molecule is C=C(C)C(=O)OCCOCc1ccc(C(=Cc2ccc(N(c3ccc(COCCOC(=O)C(=C)C)cc3)c3ccc(COCCOC(=O)C(=C)C)cc3)cc2)c2ccc(COCCOC(=O)C(=C)C)cc2)cc1.C=C(C)C(=O)OCCc1ccc(N(c2ccc(-c3ccc(N(c4ccc(CCOC(=O)C(=C)C)cc4)c4ccc(CCOC(=O)C(=C)C)c(C)c4)cc3)cc2)c2ccc(CCOC(=O)C(=C)C)c(C)c2)cc1. The van der Waals surface area contributed by atoms with Crippen LogP contribution in [0.25, 0.3) is 22.8 Å². The smallest absolute Gasteiger partial charge is 0.333 e. The van der Waals surface area contributed by atoms with Gasteiger partial charge in [-0.2, -0.15) is 0 Å². The van der Waals surface area contributed by atoms with Crippen LogP contribution < -0.4 is 14.7 Å². The van der Waals surface area contributed by atoms with Crippen molar-refractivity contribution in [3.05, 3.63) is 424 Å². The Balaban J connectivity index is 0.000000297. The van der Waals surface area contributed by atoms with Crippen LogP contribution >= 0.6 is 0 Å². The van der Waals surface area contributed by atoms with Gasteiger partial charge in [-0.1, -0.05) is 198 Å². The molecule has 0 amide bonds. The molecule has 0 atom stereocenters. The van der Waals surface area contributed by atoms with Crippen LogP contribution in [-0.4, -0.2) is 127 Å². The molecule has 11 aromatic carbocycles. The maximum atomic E-state index is 12.0. The number of ether oxygens (including phenoxy) is 12. The van der Waals surface area contributed by atoms with Gasteiger partial charge in [-0.3, -0.25) is 0 Å². The van der Waals surface area contributed by atoms with Gasteiger partial charge in [0.1, 0.15) is 26.4 Å². The van der Waals surface area contributed by atoms with Gasteiger partial charge in [-0.05, 0) is 274 Å². The van der Waals surface area contributed by atoms with E-state index in [0.29, 0.717) is 96.7 Å². The van der Waals surface area contributed by atoms with Crippen molar-refractivity contribution in [2.75, 3.05) is 94.0 Å². The minimum atomic E-state index is -0.446. The molecule has 23 heteroatoms. The number of carbonyl (C=O) groups excluding carboxylic acids is 8. The number of rotatable bonds is 53. The number of aryl methyl sites for hydroxylation is 2. The van der Waals surface area contributed by atoms with Crippen molar-refractivity contribution >= 4 is 111 Å². The summed E-state index contributed by atoms with van der Waals surface area (Å²) in [5.41, 5.74) is 27.5. The highest BCUT2D eigenvalue weighted by Gasteiger charge is 2.22. The molecule has 11 rings (SSSR count). The number of nitrogens with zero attached hydrogens (tertiary/aromatic N) is 3. The average Bonchev–Trinajstić information content (AvgIpc) is 0.752. The van der Waals surface area contributed by atoms with E-state index < -0.39 is 47.8 Å². The molecule has 0 aliphatic carbocycles. The molecule has 0 saturated carbocycles. The summed E-state index contributed by atoms with van der Waals surface area (Å²) in [6.45, 7) is 50.2. The molecule has 11 aromatic rings. The van der Waals surface area contributed by atoms with Gasteiger partial charge < -0.3 is 71.5 Å². The lowest BCUT2D eigenvalue weighted by molar-refractivity contribution is -0.141. The summed E-state index contributed by atoms with van der Waals surface area (Å²) in [7, 11) is 0. The van der Waals surface area contributed by atoms with E-state index in [9.17, 15) is 38.4 Å². The van der Waals surface area contributed by atoms with Crippen molar-refractivity contribution in [3.63, 3.8) is 0 Å². The molecule has 752 valence electrons. The van der Waals surface area contributed by atoms with E-state index in [4.69, 9.17) is 56.8 Å². The van der Waals surface area contributed by atoms with Crippen LogP contribution in [0, 0.1) is 13.8 Å². The van der Waals surface area contributed by atoms with E-state index in [-0.39, 0.29) is 79.3 Å². The first-order chi connectivity index (χ1) is 69.7. The lowest BCUT2D eigenvalue weighted by Gasteiger charge is -2.27. The number of benzene rings is 11. The molecule has 0 heterocycles. The normalized spacial score (nSPS) is 10.7. The predicted octanol–water partition coefficient (Wildman–Crippen LogP) is 24.8. The van der Waals surface area contributed by atoms with E-state index in [1.54, 1.807) is 55.4 Å². The summed E-state index contributed by atoms with van der Waals surface area (Å²) in [4.78, 5) is 102. The molecule has 0 aliphatic heterocycles. The number of hydrogen-bond donors (Lipinski definition) is 0. The monoisotopic (exact) mass is 1960 g/mol. The Morgan fingerprint density at radius 2 is 0.428 bits per heavy atom. The third-order valence-corrected chi connectivity index (χ3v) is 22.7. The molecular weight excluding hydrogens is 1830 g/mol. The summed E-state index contributed by atoms with van der Waals surface area (Å²) in [5, 5.41) is 0. The van der Waals surface area contributed by atoms with Gasteiger partial charge in [-0.15, -0.1) is 0 Å². The predicted molar refractivity (Wildman–Crippen MR) is 571 cm³/mol. The fraction of sp³-hybridized carbons (Fsp3) is 0.246. The molecule has 0 N–H and O–H groups in total. The van der Waals surface area contributed by atoms with Crippen LogP contribution in [0.3, 0.4) is 0 Å². The summed E-state index contributed by atoms with van der Waals surface area (Å²) < 4.78 is 65.2. The number of anilines is 9. The van der Waals surface area contributed by atoms with E-state index >= 15 is 0 Å². The number of hydrogen-bond acceptors (Lipinski definition) is 23. The van der Waals surface area contributed by atoms with Gasteiger partial charge in [0.25, 0.3) is 0 Å². The highest BCUT2D eigenvalue weighted by atomic mass is 16.6. The second-order valence-corrected chi connectivity index (χ2v) is 35.1. The maximum Gasteiger partial charge on any atom is 0.333 e. The van der Waals surface area contributed by atoms with Crippen LogP contribution in [0.5, 0.6) is 0 Å². The average molecular weight is 1960 g/mol. The van der Waals surface area contributed by atoms with Gasteiger partial charge in [0.15, 0.2) is 0 Å². The van der Waals surface area contributed by atoms with Gasteiger partial charge >= 0.3 is 47.8 Å². The standard InChI is InChI=1S/C62H64N2O8.C60H65NO12/c1-41(2)59(65)69-35-31-47-11-21-53(22-12-47)63(57-29-15-49(45(9)39-57)33-37-71-61(67)43(5)6)55-25-17-51(18-26-55)52-19-27-56(28-20-52)64(54-23-13-48(14-24-54)32-36-70-60(66)42(3)4)58-30-16-50(46(10)40-58)34-38-72-62(68)44(7)8;1-42(2)57(62)70-33-29-66-38-47-9-19-51(20-10-47)56(52-21-11-48(12-22-52)39-67-30-34-71-58(63)43(3)4)37-46-13-23-53(24-14-46)61(54-25-15-49(16-26-54)40-68-31-35-72-59(64)44(5)6)55-27-17-50(18-28-55)41-69-32-36-73-60(65)45(7)8/h11-30,39-40H,1,3,5,7,31-38H2,2,4,6,8-10H3;9-28,37H,1,3,5,7,29-36,38-41H2,2,4,6,8H3. The van der Waals surface area contributed by atoms with Crippen molar-refractivity contribution < 1.29 is 95.2 Å². The molecule has 0 radical (unpaired) electrons. The zero-order valence-corrected chi connectivity index (χ0v) is 84.6. The Labute approximate surface area is 851 Å². The van der Waals surface area contributed by atoms with Crippen LogP contribution in [-0.2, 0) is 147 Å². The van der Waals surface area contributed by atoms with Crippen LogP contribution in [0.15, 0.2) is 352 Å². The van der Waals surface area contributed by atoms with Gasteiger partial charge in [0, 0.05) is 121 Å². The fourth-order valence-corrected chi connectivity index (χ4v) is 14.6. The largest absolute Gasteiger partial charge is 0.462 e. The Hall–Kier alpha value is -15.9. The van der Waals surface area contributed by atoms with Crippen molar-refractivity contribution in [1.29, 1.82) is 0 Å². The Bertz CT molecular complexity index is 6050. The molecular formula is C122H129N3O20. The maximum absolute atomic E-state index is 12.0. The van der Waals surface area contributed by atoms with Crippen LogP contribution in [0.1, 0.15) is 128 Å². The lowest BCUT2D eigenvalue weighted by atomic mass is 9.94. The molecule has 0 bridgehead atoms. The van der Waals surface area contributed by atoms with Crippen LogP contribution in [0.2, 0.25) is 0 Å². The Kier molecular flexibility index (Phi) is 43.4. The first kappa shape index (κ1) is 111. The summed E-state index contributed by atoms with van der Waals surface area (Å²) in [6, 6.07) is 86.9. The molecule has 0 saturated heterocycles. The Morgan fingerprint density at radius 1 is 0.228 bits per heavy atom. The molecule has 0 aliphatic rings. The van der Waals surface area contributed by atoms with E-state index in [1.807, 2.05) is 97.1 Å². The first-order valence-corrected chi connectivity index (χ1v) is 47.7. The molecule has 0 aromatic heterocycles. The summed E-state index contributed by atoms with van der Waals surface area (Å²) in [6.07, 6.45) is 4.44. The Morgan fingerprint density at radius 3 is 0.669 bits per heavy atom. The molecule has 23 nitrogen and oxygen atoms in total.